The Morgan fingerprint density at radius 3 is 3.00 bits per heavy atom. The van der Waals surface area contributed by atoms with Crippen LogP contribution in [-0.4, -0.2) is 22.8 Å². The molecule has 5 heteroatoms. The fourth-order valence-electron chi connectivity index (χ4n) is 1.09. The van der Waals surface area contributed by atoms with Crippen LogP contribution in [0.15, 0.2) is 18.0 Å². The number of nitrogens with one attached hydrogen (secondary N) is 2. The Hall–Kier alpha value is -1.78. The molecule has 0 aliphatic heterocycles. The normalized spacial score (nSPS) is 11.3. The third kappa shape index (κ3) is 3.46. The van der Waals surface area contributed by atoms with Gasteiger partial charge in [0, 0.05) is 18.0 Å². The smallest absolute Gasteiger partial charge is 0.332 e. The number of carbonyl (C=O) groups is 1. The predicted octanol–water partition coefficient (Wildman–Crippen LogP) is 1.60. The van der Waals surface area contributed by atoms with Gasteiger partial charge >= 0.3 is 5.97 Å². The van der Waals surface area contributed by atoms with Gasteiger partial charge in [-0.2, -0.15) is 5.10 Å². The lowest BCUT2D eigenvalue weighted by Gasteiger charge is -2.04. The summed E-state index contributed by atoms with van der Waals surface area (Å²) in [6.45, 7) is 5.82. The van der Waals surface area contributed by atoms with Gasteiger partial charge < -0.3 is 10.1 Å². The van der Waals surface area contributed by atoms with Crippen LogP contribution in [0.25, 0.3) is 0 Å². The Morgan fingerprint density at radius 2 is 2.47 bits per heavy atom. The largest absolute Gasteiger partial charge is 0.463 e. The predicted molar refractivity (Wildman–Crippen MR) is 57.3 cm³/mol. The van der Waals surface area contributed by atoms with Gasteiger partial charge in [0.25, 0.3) is 0 Å². The fraction of sp³-hybridized carbons (Fsp3) is 0.400. The van der Waals surface area contributed by atoms with Crippen molar-refractivity contribution in [2.75, 3.05) is 11.9 Å². The monoisotopic (exact) mass is 209 g/mol. The molecule has 0 saturated carbocycles. The molecule has 5 nitrogen and oxygen atoms in total. The van der Waals surface area contributed by atoms with E-state index in [4.69, 9.17) is 4.74 Å². The lowest BCUT2D eigenvalue weighted by atomic mass is 10.3. The fourth-order valence-corrected chi connectivity index (χ4v) is 1.09. The minimum atomic E-state index is -0.344. The van der Waals surface area contributed by atoms with E-state index in [-0.39, 0.29) is 5.97 Å². The zero-order valence-corrected chi connectivity index (χ0v) is 9.13. The van der Waals surface area contributed by atoms with Crippen LogP contribution < -0.4 is 5.32 Å². The Morgan fingerprint density at radius 1 is 1.73 bits per heavy atom. The molecule has 0 saturated heterocycles. The average Bonchev–Trinajstić information content (AvgIpc) is 2.52. The molecule has 0 aliphatic carbocycles. The second-order valence-corrected chi connectivity index (χ2v) is 3.09. The van der Waals surface area contributed by atoms with Crippen molar-refractivity contribution in [2.24, 2.45) is 0 Å². The molecule has 2 N–H and O–H groups in total. The first-order valence-corrected chi connectivity index (χ1v) is 4.76. The molecule has 0 unspecified atom stereocenters. The quantitative estimate of drug-likeness (QED) is 0.583. The van der Waals surface area contributed by atoms with E-state index >= 15 is 0 Å². The number of hydrogen-bond acceptors (Lipinski definition) is 4. The van der Waals surface area contributed by atoms with Gasteiger partial charge in [-0.15, -0.1) is 0 Å². The molecule has 0 spiro atoms. The molecule has 1 aromatic rings. The molecule has 82 valence electrons. The number of rotatable bonds is 4. The Kier molecular flexibility index (Phi) is 3.91. The maximum absolute atomic E-state index is 11.1. The van der Waals surface area contributed by atoms with Crippen molar-refractivity contribution in [2.45, 2.75) is 20.8 Å². The highest BCUT2D eigenvalue weighted by atomic mass is 16.5. The van der Waals surface area contributed by atoms with Crippen molar-refractivity contribution in [3.63, 3.8) is 0 Å². The summed E-state index contributed by atoms with van der Waals surface area (Å²) in [5.74, 6) is -0.344. The van der Waals surface area contributed by atoms with Gasteiger partial charge in [0.1, 0.15) is 0 Å². The van der Waals surface area contributed by atoms with Gasteiger partial charge in [-0.25, -0.2) is 4.79 Å². The van der Waals surface area contributed by atoms with Crippen molar-refractivity contribution >= 4 is 11.7 Å². The minimum absolute atomic E-state index is 0.344. The van der Waals surface area contributed by atoms with Gasteiger partial charge in [0.15, 0.2) is 0 Å². The molecular weight excluding hydrogens is 194 g/mol. The summed E-state index contributed by atoms with van der Waals surface area (Å²) in [7, 11) is 0. The molecule has 1 heterocycles. The number of ether oxygens (including phenoxy) is 1. The number of aryl methyl sites for hydroxylation is 1. The molecule has 0 fully saturated rings. The SMILES string of the molecule is CCOC(=O)/C=C(/C)Nc1c[nH]nc1C. The standard InChI is InChI=1S/C10H15N3O2/c1-4-15-10(14)5-7(2)12-9-6-11-13-8(9)3/h5-6,12H,4H2,1-3H3,(H,11,13)/b7-5-. The summed E-state index contributed by atoms with van der Waals surface area (Å²) in [6, 6.07) is 0. The number of hydrogen-bond donors (Lipinski definition) is 2. The van der Waals surface area contributed by atoms with Gasteiger partial charge in [0.2, 0.25) is 0 Å². The van der Waals surface area contributed by atoms with Crippen LogP contribution in [0.2, 0.25) is 0 Å². The lowest BCUT2D eigenvalue weighted by Crippen LogP contribution is -2.04. The number of H-pyrrole nitrogens is 1. The van der Waals surface area contributed by atoms with Crippen molar-refractivity contribution < 1.29 is 9.53 Å². The van der Waals surface area contributed by atoms with E-state index in [0.29, 0.717) is 6.61 Å². The van der Waals surface area contributed by atoms with Gasteiger partial charge in [0.05, 0.1) is 18.0 Å². The molecule has 1 aromatic heterocycles. The number of aromatic amines is 1. The summed E-state index contributed by atoms with van der Waals surface area (Å²) in [5, 5.41) is 9.73. The highest BCUT2D eigenvalue weighted by Gasteiger charge is 2.02. The van der Waals surface area contributed by atoms with Crippen molar-refractivity contribution in [3.8, 4) is 0 Å². The van der Waals surface area contributed by atoms with Gasteiger partial charge in [-0.3, -0.25) is 5.10 Å². The van der Waals surface area contributed by atoms with Crippen molar-refractivity contribution in [3.05, 3.63) is 23.7 Å². The van der Waals surface area contributed by atoms with E-state index in [1.54, 1.807) is 20.0 Å². The molecule has 1 rings (SSSR count). The molecule has 0 bridgehead atoms. The molecule has 15 heavy (non-hydrogen) atoms. The molecule has 0 radical (unpaired) electrons. The number of carbonyl (C=O) groups excluding carboxylic acids is 1. The van der Waals surface area contributed by atoms with Crippen LogP contribution in [0.5, 0.6) is 0 Å². The zero-order chi connectivity index (χ0) is 11.3. The number of allylic oxidation sites excluding steroid dienone is 1. The van der Waals surface area contributed by atoms with E-state index in [1.807, 2.05) is 6.92 Å². The molecule has 0 aliphatic rings. The minimum Gasteiger partial charge on any atom is -0.463 e. The first-order chi connectivity index (χ1) is 7.13. The molecular formula is C10H15N3O2. The van der Waals surface area contributed by atoms with Crippen molar-refractivity contribution in [1.82, 2.24) is 10.2 Å². The zero-order valence-electron chi connectivity index (χ0n) is 9.13. The number of esters is 1. The maximum atomic E-state index is 11.1. The highest BCUT2D eigenvalue weighted by molar-refractivity contribution is 5.83. The third-order valence-corrected chi connectivity index (χ3v) is 1.78. The Labute approximate surface area is 88.5 Å². The Bertz CT molecular complexity index is 368. The van der Waals surface area contributed by atoms with Gasteiger partial charge in [-0.1, -0.05) is 0 Å². The summed E-state index contributed by atoms with van der Waals surface area (Å²) < 4.78 is 4.78. The maximum Gasteiger partial charge on any atom is 0.332 e. The summed E-state index contributed by atoms with van der Waals surface area (Å²) in [5.41, 5.74) is 2.43. The first kappa shape index (κ1) is 11.3. The number of nitrogens with zero attached hydrogens (tertiary/aromatic N) is 1. The van der Waals surface area contributed by atoms with Crippen LogP contribution in [0, 0.1) is 6.92 Å². The second-order valence-electron chi connectivity index (χ2n) is 3.09. The van der Waals surface area contributed by atoms with Gasteiger partial charge in [-0.05, 0) is 20.8 Å². The topological polar surface area (TPSA) is 67.0 Å². The molecule has 0 atom stereocenters. The van der Waals surface area contributed by atoms with Crippen LogP contribution in [0.3, 0.4) is 0 Å². The highest BCUT2D eigenvalue weighted by Crippen LogP contribution is 2.12. The average molecular weight is 209 g/mol. The second kappa shape index (κ2) is 5.19. The van der Waals surface area contributed by atoms with E-state index in [1.165, 1.54) is 6.08 Å². The number of aromatic nitrogens is 2. The number of anilines is 1. The van der Waals surface area contributed by atoms with Crippen LogP contribution in [0.1, 0.15) is 19.5 Å². The van der Waals surface area contributed by atoms with Crippen LogP contribution >= 0.6 is 0 Å². The van der Waals surface area contributed by atoms with E-state index in [9.17, 15) is 4.79 Å². The van der Waals surface area contributed by atoms with Crippen LogP contribution in [0.4, 0.5) is 5.69 Å². The van der Waals surface area contributed by atoms with Crippen molar-refractivity contribution in [1.29, 1.82) is 0 Å². The van der Waals surface area contributed by atoms with Crippen LogP contribution in [-0.2, 0) is 9.53 Å². The van der Waals surface area contributed by atoms with E-state index in [0.717, 1.165) is 17.1 Å². The molecule has 0 amide bonds. The lowest BCUT2D eigenvalue weighted by molar-refractivity contribution is -0.137. The third-order valence-electron chi connectivity index (χ3n) is 1.78. The van der Waals surface area contributed by atoms with E-state index in [2.05, 4.69) is 15.5 Å². The first-order valence-electron chi connectivity index (χ1n) is 4.76. The summed E-state index contributed by atoms with van der Waals surface area (Å²) in [6.07, 6.45) is 3.15. The molecule has 0 aromatic carbocycles. The summed E-state index contributed by atoms with van der Waals surface area (Å²) >= 11 is 0. The summed E-state index contributed by atoms with van der Waals surface area (Å²) in [4.78, 5) is 11.1. The Balaban J connectivity index is 2.59. The van der Waals surface area contributed by atoms with E-state index < -0.39 is 0 Å².